The lowest BCUT2D eigenvalue weighted by Gasteiger charge is -2.44. The topological polar surface area (TPSA) is 53.0 Å². The fourth-order valence-electron chi connectivity index (χ4n) is 2.45. The van der Waals surface area contributed by atoms with Crippen LogP contribution in [0, 0.1) is 16.7 Å². The lowest BCUT2D eigenvalue weighted by Crippen LogP contribution is -2.52. The minimum Gasteiger partial charge on any atom is -0.370 e. The SMILES string of the molecule is CC1(C)CN(c2ccc(Br)cc2C#N)CCC1N. The van der Waals surface area contributed by atoms with E-state index in [2.05, 4.69) is 40.7 Å². The van der Waals surface area contributed by atoms with E-state index in [1.807, 2.05) is 18.2 Å². The molecule has 0 amide bonds. The number of benzene rings is 1. The zero-order chi connectivity index (χ0) is 13.3. The van der Waals surface area contributed by atoms with Crippen molar-refractivity contribution in [3.8, 4) is 6.07 Å². The van der Waals surface area contributed by atoms with Crippen molar-refractivity contribution in [3.63, 3.8) is 0 Å². The fourth-order valence-corrected chi connectivity index (χ4v) is 2.81. The van der Waals surface area contributed by atoms with Crippen molar-refractivity contribution in [1.82, 2.24) is 0 Å². The molecule has 0 saturated carbocycles. The summed E-state index contributed by atoms with van der Waals surface area (Å²) in [6.45, 7) is 6.19. The first-order valence-electron chi connectivity index (χ1n) is 6.14. The van der Waals surface area contributed by atoms with Crippen LogP contribution in [0.5, 0.6) is 0 Å². The van der Waals surface area contributed by atoms with Crippen molar-refractivity contribution in [2.24, 2.45) is 11.1 Å². The minimum absolute atomic E-state index is 0.0814. The van der Waals surface area contributed by atoms with E-state index in [1.165, 1.54) is 0 Å². The molecule has 18 heavy (non-hydrogen) atoms. The highest BCUT2D eigenvalue weighted by Crippen LogP contribution is 2.33. The van der Waals surface area contributed by atoms with Gasteiger partial charge >= 0.3 is 0 Å². The first kappa shape index (κ1) is 13.4. The number of nitrogens with two attached hydrogens (primary N) is 1. The highest BCUT2D eigenvalue weighted by atomic mass is 79.9. The molecule has 1 heterocycles. The third kappa shape index (κ3) is 2.52. The van der Waals surface area contributed by atoms with Gasteiger partial charge in [-0.05, 0) is 30.0 Å². The van der Waals surface area contributed by atoms with E-state index in [-0.39, 0.29) is 11.5 Å². The fraction of sp³-hybridized carbons (Fsp3) is 0.500. The van der Waals surface area contributed by atoms with Gasteiger partial charge in [0.2, 0.25) is 0 Å². The molecule has 1 fully saturated rings. The summed E-state index contributed by atoms with van der Waals surface area (Å²) in [7, 11) is 0. The van der Waals surface area contributed by atoms with Crippen molar-refractivity contribution < 1.29 is 0 Å². The lowest BCUT2D eigenvalue weighted by molar-refractivity contribution is 0.245. The van der Waals surface area contributed by atoms with Crippen molar-refractivity contribution in [2.75, 3.05) is 18.0 Å². The highest BCUT2D eigenvalue weighted by molar-refractivity contribution is 9.10. The molecule has 2 rings (SSSR count). The molecule has 1 unspecified atom stereocenters. The molecular weight excluding hydrogens is 290 g/mol. The van der Waals surface area contributed by atoms with E-state index >= 15 is 0 Å². The minimum atomic E-state index is 0.0814. The molecule has 3 nitrogen and oxygen atoms in total. The molecule has 1 aromatic carbocycles. The Morgan fingerprint density at radius 1 is 1.50 bits per heavy atom. The molecule has 96 valence electrons. The molecule has 0 aromatic heterocycles. The van der Waals surface area contributed by atoms with Crippen LogP contribution in [0.3, 0.4) is 0 Å². The summed E-state index contributed by atoms with van der Waals surface area (Å²) in [5.41, 5.74) is 7.96. The Bertz CT molecular complexity index is 490. The molecule has 1 aromatic rings. The van der Waals surface area contributed by atoms with Crippen molar-refractivity contribution in [1.29, 1.82) is 5.26 Å². The molecule has 0 spiro atoms. The summed E-state index contributed by atoms with van der Waals surface area (Å²) in [6.07, 6.45) is 0.966. The Balaban J connectivity index is 2.31. The van der Waals surface area contributed by atoms with Gasteiger partial charge in [-0.1, -0.05) is 29.8 Å². The number of anilines is 1. The van der Waals surface area contributed by atoms with Crippen LogP contribution in [-0.2, 0) is 0 Å². The second kappa shape index (κ2) is 4.91. The van der Waals surface area contributed by atoms with Gasteiger partial charge in [0.1, 0.15) is 6.07 Å². The second-order valence-corrected chi connectivity index (χ2v) is 6.49. The van der Waals surface area contributed by atoms with Crippen LogP contribution in [0.4, 0.5) is 5.69 Å². The molecule has 1 atom stereocenters. The molecule has 0 radical (unpaired) electrons. The molecule has 4 heteroatoms. The number of halogens is 1. The van der Waals surface area contributed by atoms with Gasteiger partial charge < -0.3 is 10.6 Å². The van der Waals surface area contributed by atoms with E-state index in [9.17, 15) is 5.26 Å². The summed E-state index contributed by atoms with van der Waals surface area (Å²) in [5.74, 6) is 0. The maximum atomic E-state index is 9.23. The summed E-state index contributed by atoms with van der Waals surface area (Å²) in [5, 5.41) is 9.23. The second-order valence-electron chi connectivity index (χ2n) is 5.58. The number of nitrogens with zero attached hydrogens (tertiary/aromatic N) is 2. The zero-order valence-electron chi connectivity index (χ0n) is 10.8. The maximum Gasteiger partial charge on any atom is 0.101 e. The van der Waals surface area contributed by atoms with E-state index < -0.39 is 0 Å². The monoisotopic (exact) mass is 307 g/mol. The third-order valence-corrected chi connectivity index (χ3v) is 4.23. The number of nitriles is 1. The van der Waals surface area contributed by atoms with Crippen LogP contribution in [0.15, 0.2) is 22.7 Å². The van der Waals surface area contributed by atoms with E-state index in [1.54, 1.807) is 0 Å². The van der Waals surface area contributed by atoms with Gasteiger partial charge in [-0.15, -0.1) is 0 Å². The molecular formula is C14H18BrN3. The average molecular weight is 308 g/mol. The third-order valence-electron chi connectivity index (χ3n) is 3.73. The highest BCUT2D eigenvalue weighted by Gasteiger charge is 2.34. The van der Waals surface area contributed by atoms with E-state index in [4.69, 9.17) is 5.73 Å². The average Bonchev–Trinajstić information content (AvgIpc) is 2.32. The largest absolute Gasteiger partial charge is 0.370 e. The number of piperidine rings is 1. The Morgan fingerprint density at radius 3 is 2.83 bits per heavy atom. The first-order chi connectivity index (χ1) is 8.44. The van der Waals surface area contributed by atoms with Gasteiger partial charge in [0.15, 0.2) is 0 Å². The van der Waals surface area contributed by atoms with Crippen LogP contribution in [0.2, 0.25) is 0 Å². The molecule has 2 N–H and O–H groups in total. The summed E-state index contributed by atoms with van der Waals surface area (Å²) in [4.78, 5) is 2.27. The maximum absolute atomic E-state index is 9.23. The van der Waals surface area contributed by atoms with Gasteiger partial charge in [0.05, 0.1) is 11.3 Å². The van der Waals surface area contributed by atoms with Crippen molar-refractivity contribution in [2.45, 2.75) is 26.3 Å². The Hall–Kier alpha value is -1.05. The smallest absolute Gasteiger partial charge is 0.101 e. The summed E-state index contributed by atoms with van der Waals surface area (Å²) in [6, 6.07) is 8.37. The Morgan fingerprint density at radius 2 is 2.22 bits per heavy atom. The quantitative estimate of drug-likeness (QED) is 0.868. The Labute approximate surface area is 117 Å². The number of hydrogen-bond acceptors (Lipinski definition) is 3. The van der Waals surface area contributed by atoms with Crippen molar-refractivity contribution >= 4 is 21.6 Å². The summed E-state index contributed by atoms with van der Waals surface area (Å²) >= 11 is 3.40. The molecule has 1 aliphatic rings. The molecule has 1 saturated heterocycles. The van der Waals surface area contributed by atoms with Crippen LogP contribution in [0.1, 0.15) is 25.8 Å². The van der Waals surface area contributed by atoms with Gasteiger partial charge in [-0.2, -0.15) is 5.26 Å². The zero-order valence-corrected chi connectivity index (χ0v) is 12.4. The van der Waals surface area contributed by atoms with E-state index in [0.29, 0.717) is 0 Å². The standard InChI is InChI=1S/C14H18BrN3/c1-14(2)9-18(6-5-13(14)17)12-4-3-11(15)7-10(12)8-16/h3-4,7,13H,5-6,9,17H2,1-2H3. The van der Waals surface area contributed by atoms with Crippen LogP contribution < -0.4 is 10.6 Å². The summed E-state index contributed by atoms with van der Waals surface area (Å²) < 4.78 is 0.941. The van der Waals surface area contributed by atoms with Crippen LogP contribution in [-0.4, -0.2) is 19.1 Å². The predicted molar refractivity (Wildman–Crippen MR) is 77.4 cm³/mol. The molecule has 0 bridgehead atoms. The first-order valence-corrected chi connectivity index (χ1v) is 6.93. The van der Waals surface area contributed by atoms with Gasteiger partial charge in [-0.25, -0.2) is 0 Å². The molecule has 1 aliphatic heterocycles. The normalized spacial score (nSPS) is 22.6. The molecule has 0 aliphatic carbocycles. The van der Waals surface area contributed by atoms with Gasteiger partial charge in [0, 0.05) is 23.6 Å². The van der Waals surface area contributed by atoms with Gasteiger partial charge in [-0.3, -0.25) is 0 Å². The van der Waals surface area contributed by atoms with Crippen molar-refractivity contribution in [3.05, 3.63) is 28.2 Å². The van der Waals surface area contributed by atoms with Crippen LogP contribution in [0.25, 0.3) is 0 Å². The van der Waals surface area contributed by atoms with Crippen LogP contribution >= 0.6 is 15.9 Å². The van der Waals surface area contributed by atoms with E-state index in [0.717, 1.165) is 35.2 Å². The van der Waals surface area contributed by atoms with Gasteiger partial charge in [0.25, 0.3) is 0 Å². The Kier molecular flexibility index (Phi) is 3.65. The lowest BCUT2D eigenvalue weighted by atomic mass is 9.79. The predicted octanol–water partition coefficient (Wildman–Crippen LogP) is 2.88. The number of hydrogen-bond donors (Lipinski definition) is 1. The number of rotatable bonds is 1.